The Kier molecular flexibility index (Phi) is 10.7. The molecule has 1 aromatic carbocycles. The first-order valence-corrected chi connectivity index (χ1v) is 11.7. The minimum absolute atomic E-state index is 0.0177. The van der Waals surface area contributed by atoms with E-state index in [0.717, 1.165) is 12.1 Å². The number of primary amides is 1. The zero-order valence-electron chi connectivity index (χ0n) is 20.0. The molecule has 0 radical (unpaired) electrons. The molecule has 1 aliphatic rings. The van der Waals surface area contributed by atoms with E-state index < -0.39 is 59.1 Å². The maximum absolute atomic E-state index is 13.1. The monoisotopic (exact) mass is 521 g/mol. The maximum atomic E-state index is 13.1. The zero-order chi connectivity index (χ0) is 27.5. The molecule has 1 unspecified atom stereocenters. The minimum atomic E-state index is -1.38. The third-order valence-electron chi connectivity index (χ3n) is 5.72. The molecule has 15 heteroatoms. The molecule has 9 N–H and O–H groups in total. The van der Waals surface area contributed by atoms with Crippen LogP contribution in [0.25, 0.3) is 0 Å². The van der Waals surface area contributed by atoms with E-state index in [4.69, 9.17) is 16.6 Å². The summed E-state index contributed by atoms with van der Waals surface area (Å²) in [6, 6.07) is -0.148. The number of fused-ring (bicyclic) bond motifs is 1. The number of nitrogens with one attached hydrogen (secondary N) is 4. The lowest BCUT2D eigenvalue weighted by molar-refractivity contribution is -0.384. The van der Waals surface area contributed by atoms with E-state index >= 15 is 0 Å². The lowest BCUT2D eigenvalue weighted by Crippen LogP contribution is -2.56. The summed E-state index contributed by atoms with van der Waals surface area (Å²) >= 11 is 0. The second-order valence-electron chi connectivity index (χ2n) is 8.47. The fourth-order valence-electron chi connectivity index (χ4n) is 3.70. The van der Waals surface area contributed by atoms with Crippen LogP contribution in [0.1, 0.15) is 48.9 Å². The molecule has 0 aromatic heterocycles. The second kappa shape index (κ2) is 13.7. The smallest absolute Gasteiger partial charge is 0.303 e. The number of non-ortho nitro benzene ring substituents is 1. The third kappa shape index (κ3) is 8.71. The molecule has 0 bridgehead atoms. The molecule has 3 atom stereocenters. The number of nitro benzene ring substituents is 1. The first-order valence-electron chi connectivity index (χ1n) is 11.7. The van der Waals surface area contributed by atoms with Crippen LogP contribution in [-0.2, 0) is 19.2 Å². The van der Waals surface area contributed by atoms with Crippen molar-refractivity contribution >= 4 is 41.0 Å². The Morgan fingerprint density at radius 1 is 1.05 bits per heavy atom. The van der Waals surface area contributed by atoms with E-state index in [0.29, 0.717) is 19.4 Å². The summed E-state index contributed by atoms with van der Waals surface area (Å²) in [5.74, 6) is -4.43. The van der Waals surface area contributed by atoms with Crippen LogP contribution in [0.2, 0.25) is 0 Å². The number of nitrogens with two attached hydrogens (primary N) is 2. The van der Waals surface area contributed by atoms with Crippen LogP contribution >= 0.6 is 0 Å². The van der Waals surface area contributed by atoms with Gasteiger partial charge in [0.2, 0.25) is 17.7 Å². The van der Waals surface area contributed by atoms with Gasteiger partial charge in [0.05, 0.1) is 10.5 Å². The minimum Gasteiger partial charge on any atom is -0.481 e. The van der Waals surface area contributed by atoms with Gasteiger partial charge in [-0.1, -0.05) is 0 Å². The maximum Gasteiger partial charge on any atom is 0.303 e. The zero-order valence-corrected chi connectivity index (χ0v) is 20.0. The van der Waals surface area contributed by atoms with Crippen LogP contribution in [0.5, 0.6) is 0 Å². The van der Waals surface area contributed by atoms with Crippen LogP contribution < -0.4 is 32.7 Å². The molecular formula is C22H31N7O8. The van der Waals surface area contributed by atoms with Gasteiger partial charge in [-0.05, 0) is 44.7 Å². The molecule has 1 heterocycles. The van der Waals surface area contributed by atoms with Crippen molar-refractivity contribution in [3.8, 4) is 0 Å². The largest absolute Gasteiger partial charge is 0.481 e. The van der Waals surface area contributed by atoms with Gasteiger partial charge in [-0.15, -0.1) is 0 Å². The first kappa shape index (κ1) is 29.0. The highest BCUT2D eigenvalue weighted by Gasteiger charge is 2.30. The Morgan fingerprint density at radius 3 is 2.35 bits per heavy atom. The third-order valence-corrected chi connectivity index (χ3v) is 5.72. The van der Waals surface area contributed by atoms with Crippen molar-refractivity contribution in [2.75, 3.05) is 18.4 Å². The van der Waals surface area contributed by atoms with Crippen molar-refractivity contribution in [2.45, 2.75) is 56.7 Å². The number of aliphatic carboxylic acids is 1. The van der Waals surface area contributed by atoms with Gasteiger partial charge in [0.1, 0.15) is 18.1 Å². The summed E-state index contributed by atoms with van der Waals surface area (Å²) in [6.45, 7) is 0.402. The molecule has 0 aliphatic carbocycles. The number of rotatable bonds is 9. The average Bonchev–Trinajstić information content (AvgIpc) is 2.84. The molecule has 37 heavy (non-hydrogen) atoms. The summed E-state index contributed by atoms with van der Waals surface area (Å²) in [6.07, 6.45) is 0.396. The Bertz CT molecular complexity index is 1050. The second-order valence-corrected chi connectivity index (χ2v) is 8.47. The standard InChI is InChI=1S/C22H31N7O8/c23-9-2-1-3-16-21(34)26-15(19(24)32)8-10-25-14-5-4-12(29(36)37)11-13(14)20(33)27-17(22(35)28-16)6-7-18(30)31/h4-5,11,15-17,25H,1-3,6-10,23H2,(H2,24,32)(H,26,34)(H,27,33)(H,28,35)(H,30,31)/t15?,16-,17-/m0/s1. The Labute approximate surface area is 211 Å². The van der Waals surface area contributed by atoms with E-state index in [-0.39, 0.29) is 42.7 Å². The molecule has 2 rings (SSSR count). The van der Waals surface area contributed by atoms with E-state index in [9.17, 15) is 34.1 Å². The summed E-state index contributed by atoms with van der Waals surface area (Å²) in [5, 5.41) is 30.7. The number of hydrogen-bond acceptors (Lipinski definition) is 9. The van der Waals surface area contributed by atoms with E-state index in [1.165, 1.54) is 6.07 Å². The molecule has 1 aliphatic heterocycles. The summed E-state index contributed by atoms with van der Waals surface area (Å²) < 4.78 is 0. The number of nitro groups is 1. The average molecular weight is 522 g/mol. The van der Waals surface area contributed by atoms with Gasteiger partial charge in [0, 0.05) is 30.8 Å². The van der Waals surface area contributed by atoms with Crippen molar-refractivity contribution in [3.05, 3.63) is 33.9 Å². The SMILES string of the molecule is NCCCC[C@@H]1NC(=O)[C@H](CCC(=O)O)NC(=O)c2cc([N+](=O)[O-])ccc2NCCC(C(N)=O)NC1=O. The summed E-state index contributed by atoms with van der Waals surface area (Å²) in [7, 11) is 0. The van der Waals surface area contributed by atoms with Crippen LogP contribution in [0.4, 0.5) is 11.4 Å². The molecule has 0 saturated carbocycles. The van der Waals surface area contributed by atoms with Gasteiger partial charge in [0.15, 0.2) is 0 Å². The highest BCUT2D eigenvalue weighted by atomic mass is 16.6. The van der Waals surface area contributed by atoms with Crippen LogP contribution in [0.3, 0.4) is 0 Å². The first-order chi connectivity index (χ1) is 17.5. The number of carboxylic acid groups (broad SMARTS) is 1. The van der Waals surface area contributed by atoms with E-state index in [2.05, 4.69) is 21.3 Å². The molecule has 0 spiro atoms. The number of carbonyl (C=O) groups excluding carboxylic acids is 4. The van der Waals surface area contributed by atoms with Crippen LogP contribution in [0, 0.1) is 10.1 Å². The normalized spacial score (nSPS) is 20.8. The highest BCUT2D eigenvalue weighted by Crippen LogP contribution is 2.23. The quantitative estimate of drug-likeness (QED) is 0.118. The number of benzene rings is 1. The van der Waals surface area contributed by atoms with Crippen LogP contribution in [-0.4, -0.2) is 70.8 Å². The van der Waals surface area contributed by atoms with Gasteiger partial charge in [0.25, 0.3) is 11.6 Å². The molecule has 0 fully saturated rings. The number of hydrogen-bond donors (Lipinski definition) is 7. The predicted molar refractivity (Wildman–Crippen MR) is 130 cm³/mol. The van der Waals surface area contributed by atoms with Crippen molar-refractivity contribution in [2.24, 2.45) is 11.5 Å². The number of unbranched alkanes of at least 4 members (excludes halogenated alkanes) is 1. The molecule has 202 valence electrons. The number of anilines is 1. The van der Waals surface area contributed by atoms with Gasteiger partial charge >= 0.3 is 5.97 Å². The van der Waals surface area contributed by atoms with Crippen molar-refractivity contribution in [3.63, 3.8) is 0 Å². The highest BCUT2D eigenvalue weighted by molar-refractivity contribution is 6.03. The molecular weight excluding hydrogens is 490 g/mol. The van der Waals surface area contributed by atoms with E-state index in [1.54, 1.807) is 0 Å². The van der Waals surface area contributed by atoms with Gasteiger partial charge < -0.3 is 37.8 Å². The number of carboxylic acids is 1. The molecule has 0 saturated heterocycles. The Hall–Kier alpha value is -4.27. The number of amides is 4. The topological polar surface area (TPSA) is 249 Å². The van der Waals surface area contributed by atoms with Crippen molar-refractivity contribution in [1.82, 2.24) is 16.0 Å². The summed E-state index contributed by atoms with van der Waals surface area (Å²) in [4.78, 5) is 72.8. The van der Waals surface area contributed by atoms with Crippen LogP contribution in [0.15, 0.2) is 18.2 Å². The van der Waals surface area contributed by atoms with Gasteiger partial charge in [-0.3, -0.25) is 34.1 Å². The lowest BCUT2D eigenvalue weighted by atomic mass is 10.0. The van der Waals surface area contributed by atoms with Gasteiger partial charge in [-0.25, -0.2) is 0 Å². The Balaban J connectivity index is 2.48. The number of nitrogens with zero attached hydrogens (tertiary/aromatic N) is 1. The number of carbonyl (C=O) groups is 5. The predicted octanol–water partition coefficient (Wildman–Crippen LogP) is -1.04. The fourth-order valence-corrected chi connectivity index (χ4v) is 3.70. The Morgan fingerprint density at radius 2 is 1.73 bits per heavy atom. The molecule has 4 amide bonds. The van der Waals surface area contributed by atoms with E-state index in [1.807, 2.05) is 0 Å². The van der Waals surface area contributed by atoms with Gasteiger partial charge in [-0.2, -0.15) is 0 Å². The lowest BCUT2D eigenvalue weighted by Gasteiger charge is -2.26. The van der Waals surface area contributed by atoms with Crippen molar-refractivity contribution in [1.29, 1.82) is 0 Å². The summed E-state index contributed by atoms with van der Waals surface area (Å²) in [5.41, 5.74) is 10.6. The fraction of sp³-hybridized carbons (Fsp3) is 0.500. The molecule has 1 aromatic rings. The molecule has 15 nitrogen and oxygen atoms in total. The van der Waals surface area contributed by atoms with Crippen molar-refractivity contribution < 1.29 is 34.0 Å².